The number of nitrogens with two attached hydrogens (primary N) is 1. The summed E-state index contributed by atoms with van der Waals surface area (Å²) in [7, 11) is 0. The number of benzene rings is 2. The van der Waals surface area contributed by atoms with E-state index < -0.39 is 23.2 Å². The first kappa shape index (κ1) is 30.8. The maximum absolute atomic E-state index is 13.7. The van der Waals surface area contributed by atoms with E-state index in [1.807, 2.05) is 45.0 Å². The van der Waals surface area contributed by atoms with Gasteiger partial charge in [-0.2, -0.15) is 13.2 Å². The molecular weight excluding hydrogens is 549 g/mol. The van der Waals surface area contributed by atoms with Crippen molar-refractivity contribution in [3.05, 3.63) is 82.7 Å². The monoisotopic (exact) mass is 584 g/mol. The van der Waals surface area contributed by atoms with Crippen LogP contribution in [0.5, 0.6) is 0 Å². The van der Waals surface area contributed by atoms with Gasteiger partial charge in [0.1, 0.15) is 5.60 Å². The molecular formula is C30H35F3N6O3. The van der Waals surface area contributed by atoms with Crippen LogP contribution in [0.15, 0.2) is 54.7 Å². The van der Waals surface area contributed by atoms with Gasteiger partial charge in [-0.3, -0.25) is 9.69 Å². The normalized spacial score (nSPS) is 14.5. The number of carbonyl (C=O) groups excluding carboxylic acids is 2. The Hall–Kier alpha value is -4.19. The molecule has 2 aromatic carbocycles. The van der Waals surface area contributed by atoms with Gasteiger partial charge >= 0.3 is 12.3 Å². The Morgan fingerprint density at radius 3 is 2.29 bits per heavy atom. The van der Waals surface area contributed by atoms with Gasteiger partial charge in [0, 0.05) is 50.2 Å². The Balaban J connectivity index is 1.37. The molecule has 0 atom stereocenters. The number of carbonyl (C=O) groups is 2. The fourth-order valence-corrected chi connectivity index (χ4v) is 4.54. The van der Waals surface area contributed by atoms with E-state index in [0.717, 1.165) is 11.8 Å². The number of aryl methyl sites for hydroxylation is 2. The van der Waals surface area contributed by atoms with E-state index in [0.29, 0.717) is 49.5 Å². The molecule has 4 rings (SSSR count). The fourth-order valence-electron chi connectivity index (χ4n) is 4.54. The van der Waals surface area contributed by atoms with E-state index in [1.54, 1.807) is 29.2 Å². The second-order valence-electron chi connectivity index (χ2n) is 11.2. The Morgan fingerprint density at radius 2 is 1.67 bits per heavy atom. The SMILES string of the molecule is CC(C)(C)OC(=O)N1CCN(Cc2ccc(Nc3ncc(C(F)(F)F)c(CCc4cccc(C(N)=O)c4)n3)cc2)CC1. The number of piperazine rings is 1. The van der Waals surface area contributed by atoms with Crippen molar-refractivity contribution < 1.29 is 27.5 Å². The van der Waals surface area contributed by atoms with Crippen molar-refractivity contribution >= 4 is 23.6 Å². The van der Waals surface area contributed by atoms with Gasteiger partial charge in [0.2, 0.25) is 11.9 Å². The van der Waals surface area contributed by atoms with Crippen molar-refractivity contribution in [2.45, 2.75) is 51.9 Å². The Labute approximate surface area is 242 Å². The average molecular weight is 585 g/mol. The van der Waals surface area contributed by atoms with Crippen molar-refractivity contribution in [2.24, 2.45) is 5.73 Å². The topological polar surface area (TPSA) is 114 Å². The van der Waals surface area contributed by atoms with Crippen molar-refractivity contribution in [3.8, 4) is 0 Å². The lowest BCUT2D eigenvalue weighted by Gasteiger charge is -2.35. The number of ether oxygens (including phenoxy) is 1. The van der Waals surface area contributed by atoms with Gasteiger partial charge in [0.25, 0.3) is 0 Å². The molecule has 0 aliphatic carbocycles. The smallest absolute Gasteiger partial charge is 0.419 e. The van der Waals surface area contributed by atoms with Crippen LogP contribution in [0.4, 0.5) is 29.6 Å². The van der Waals surface area contributed by atoms with Gasteiger partial charge < -0.3 is 20.7 Å². The lowest BCUT2D eigenvalue weighted by molar-refractivity contribution is -0.138. The molecule has 0 spiro atoms. The minimum absolute atomic E-state index is 0.00557. The van der Waals surface area contributed by atoms with Crippen molar-refractivity contribution in [2.75, 3.05) is 31.5 Å². The number of halogens is 3. The van der Waals surface area contributed by atoms with E-state index in [1.165, 1.54) is 0 Å². The summed E-state index contributed by atoms with van der Waals surface area (Å²) >= 11 is 0. The molecule has 9 nitrogen and oxygen atoms in total. The summed E-state index contributed by atoms with van der Waals surface area (Å²) in [6.07, 6.45) is -3.89. The third-order valence-electron chi connectivity index (χ3n) is 6.68. The second-order valence-corrected chi connectivity index (χ2v) is 11.2. The molecule has 1 aliphatic rings. The van der Waals surface area contributed by atoms with Crippen molar-refractivity contribution in [3.63, 3.8) is 0 Å². The molecule has 2 heterocycles. The van der Waals surface area contributed by atoms with Crippen LogP contribution >= 0.6 is 0 Å². The van der Waals surface area contributed by atoms with E-state index in [-0.39, 0.29) is 30.6 Å². The summed E-state index contributed by atoms with van der Waals surface area (Å²) in [4.78, 5) is 35.8. The molecule has 1 aliphatic heterocycles. The predicted molar refractivity (Wildman–Crippen MR) is 152 cm³/mol. The molecule has 2 amide bonds. The molecule has 12 heteroatoms. The first-order valence-corrected chi connectivity index (χ1v) is 13.6. The molecule has 0 radical (unpaired) electrons. The second kappa shape index (κ2) is 12.8. The highest BCUT2D eigenvalue weighted by molar-refractivity contribution is 5.92. The zero-order valence-electron chi connectivity index (χ0n) is 23.9. The van der Waals surface area contributed by atoms with Crippen LogP contribution < -0.4 is 11.1 Å². The van der Waals surface area contributed by atoms with Crippen LogP contribution in [0.2, 0.25) is 0 Å². The van der Waals surface area contributed by atoms with E-state index in [4.69, 9.17) is 10.5 Å². The summed E-state index contributed by atoms with van der Waals surface area (Å²) in [5.41, 5.74) is 6.39. The number of nitrogens with zero attached hydrogens (tertiary/aromatic N) is 4. The maximum atomic E-state index is 13.7. The van der Waals surface area contributed by atoms with Crippen LogP contribution in [0.1, 0.15) is 53.5 Å². The van der Waals surface area contributed by atoms with Crippen molar-refractivity contribution in [1.82, 2.24) is 19.8 Å². The number of amides is 2. The Morgan fingerprint density at radius 1 is 0.976 bits per heavy atom. The number of alkyl halides is 3. The van der Waals surface area contributed by atoms with Gasteiger partial charge in [0.15, 0.2) is 0 Å². The fraction of sp³-hybridized carbons (Fsp3) is 0.400. The number of nitrogens with one attached hydrogen (secondary N) is 1. The first-order chi connectivity index (χ1) is 19.8. The predicted octanol–water partition coefficient (Wildman–Crippen LogP) is 5.18. The molecule has 3 aromatic rings. The van der Waals surface area contributed by atoms with E-state index in [9.17, 15) is 22.8 Å². The van der Waals surface area contributed by atoms with Gasteiger partial charge in [-0.25, -0.2) is 14.8 Å². The van der Waals surface area contributed by atoms with Crippen LogP contribution in [0, 0.1) is 0 Å². The molecule has 42 heavy (non-hydrogen) atoms. The van der Waals surface area contributed by atoms with E-state index in [2.05, 4.69) is 20.2 Å². The summed E-state index contributed by atoms with van der Waals surface area (Å²) in [6, 6.07) is 14.0. The maximum Gasteiger partial charge on any atom is 0.419 e. The first-order valence-electron chi connectivity index (χ1n) is 13.6. The molecule has 1 aromatic heterocycles. The van der Waals surface area contributed by atoms with Gasteiger partial charge in [-0.1, -0.05) is 24.3 Å². The summed E-state index contributed by atoms with van der Waals surface area (Å²) < 4.78 is 46.5. The number of rotatable bonds is 8. The highest BCUT2D eigenvalue weighted by Gasteiger charge is 2.35. The minimum atomic E-state index is -4.61. The highest BCUT2D eigenvalue weighted by atomic mass is 19.4. The molecule has 1 saturated heterocycles. The summed E-state index contributed by atoms with van der Waals surface area (Å²) in [6.45, 7) is 8.83. The molecule has 224 valence electrons. The lowest BCUT2D eigenvalue weighted by Crippen LogP contribution is -2.49. The average Bonchev–Trinajstić information content (AvgIpc) is 2.92. The van der Waals surface area contributed by atoms with Gasteiger partial charge in [-0.05, 0) is 69.0 Å². The Kier molecular flexibility index (Phi) is 9.35. The van der Waals surface area contributed by atoms with Crippen LogP contribution in [-0.2, 0) is 30.3 Å². The summed E-state index contributed by atoms with van der Waals surface area (Å²) in [5, 5.41) is 2.99. The third-order valence-corrected chi connectivity index (χ3v) is 6.68. The van der Waals surface area contributed by atoms with Crippen LogP contribution in [-0.4, -0.2) is 63.5 Å². The van der Waals surface area contributed by atoms with Gasteiger partial charge in [-0.15, -0.1) is 0 Å². The minimum Gasteiger partial charge on any atom is -0.444 e. The number of anilines is 2. The molecule has 3 N–H and O–H groups in total. The zero-order chi connectivity index (χ0) is 30.5. The van der Waals surface area contributed by atoms with Crippen LogP contribution in [0.25, 0.3) is 0 Å². The molecule has 0 unspecified atom stereocenters. The third kappa shape index (κ3) is 8.65. The Bertz CT molecular complexity index is 1400. The summed E-state index contributed by atoms with van der Waals surface area (Å²) in [5.74, 6) is -0.553. The number of primary amides is 1. The number of aromatic nitrogens is 2. The number of hydrogen-bond acceptors (Lipinski definition) is 7. The standard InChI is InChI=1S/C30H35F3N6O3/c1-29(2,3)42-28(41)39-15-13-38(14-16-39)19-21-7-10-23(11-8-21)36-27-35-18-24(30(31,32)33)25(37-27)12-9-20-5-4-6-22(17-20)26(34)40/h4-8,10-11,17-18H,9,12-16,19H2,1-3H3,(H2,34,40)(H,35,36,37). The quantitative estimate of drug-likeness (QED) is 0.375. The molecule has 0 saturated carbocycles. The van der Waals surface area contributed by atoms with Gasteiger partial charge in [0.05, 0.1) is 11.3 Å². The highest BCUT2D eigenvalue weighted by Crippen LogP contribution is 2.32. The molecule has 0 bridgehead atoms. The van der Waals surface area contributed by atoms with Crippen molar-refractivity contribution in [1.29, 1.82) is 0 Å². The van der Waals surface area contributed by atoms with E-state index >= 15 is 0 Å². The van der Waals surface area contributed by atoms with Crippen LogP contribution in [0.3, 0.4) is 0 Å². The largest absolute Gasteiger partial charge is 0.444 e. The molecule has 1 fully saturated rings. The zero-order valence-corrected chi connectivity index (χ0v) is 23.9. The number of hydrogen-bond donors (Lipinski definition) is 2. The lowest BCUT2D eigenvalue weighted by atomic mass is 10.0.